The van der Waals surface area contributed by atoms with Gasteiger partial charge in [0.25, 0.3) is 0 Å². The quantitative estimate of drug-likeness (QED) is 0.618. The van der Waals surface area contributed by atoms with Crippen LogP contribution in [0, 0.1) is 11.8 Å². The van der Waals surface area contributed by atoms with E-state index in [1.807, 2.05) is 27.7 Å². The molecule has 0 aliphatic rings. The summed E-state index contributed by atoms with van der Waals surface area (Å²) in [5.74, 6) is 0.0147. The van der Waals surface area contributed by atoms with Gasteiger partial charge in [0.2, 0.25) is 11.8 Å². The second-order valence-electron chi connectivity index (χ2n) is 5.82. The highest BCUT2D eigenvalue weighted by Gasteiger charge is 2.23. The van der Waals surface area contributed by atoms with Crippen molar-refractivity contribution in [3.05, 3.63) is 0 Å². The molecule has 0 saturated heterocycles. The number of carbonyl (C=O) groups is 2. The molecule has 19 heavy (non-hydrogen) atoms. The molecule has 0 fully saturated rings. The van der Waals surface area contributed by atoms with Crippen molar-refractivity contribution in [2.45, 2.75) is 59.6 Å². The molecular weight excluding hydrogens is 244 g/mol. The van der Waals surface area contributed by atoms with Crippen LogP contribution < -0.4 is 10.6 Å². The molecule has 2 amide bonds. The fraction of sp³-hybridized carbons (Fsp3) is 0.857. The van der Waals surface area contributed by atoms with Gasteiger partial charge < -0.3 is 15.7 Å². The van der Waals surface area contributed by atoms with Gasteiger partial charge in [-0.1, -0.05) is 27.7 Å². The van der Waals surface area contributed by atoms with Gasteiger partial charge in [-0.05, 0) is 25.2 Å². The molecule has 0 aromatic rings. The predicted molar refractivity (Wildman–Crippen MR) is 75.5 cm³/mol. The molecule has 0 heterocycles. The summed E-state index contributed by atoms with van der Waals surface area (Å²) in [6.45, 7) is 9.82. The van der Waals surface area contributed by atoms with E-state index >= 15 is 0 Å². The lowest BCUT2D eigenvalue weighted by atomic mass is 10.0. The molecule has 2 unspecified atom stereocenters. The zero-order valence-electron chi connectivity index (χ0n) is 12.7. The topological polar surface area (TPSA) is 78.4 Å². The van der Waals surface area contributed by atoms with Crippen molar-refractivity contribution in [2.24, 2.45) is 11.8 Å². The van der Waals surface area contributed by atoms with Crippen LogP contribution in [0.25, 0.3) is 0 Å². The van der Waals surface area contributed by atoms with E-state index in [-0.39, 0.29) is 23.7 Å². The van der Waals surface area contributed by atoms with Crippen molar-refractivity contribution in [2.75, 3.05) is 6.54 Å². The van der Waals surface area contributed by atoms with Gasteiger partial charge in [0.05, 0.1) is 6.10 Å². The number of aliphatic hydroxyl groups is 1. The van der Waals surface area contributed by atoms with Crippen LogP contribution in [-0.4, -0.2) is 35.6 Å². The summed E-state index contributed by atoms with van der Waals surface area (Å²) in [6, 6.07) is -0.514. The lowest BCUT2D eigenvalue weighted by Gasteiger charge is -2.22. The number of nitrogens with one attached hydrogen (secondary N) is 2. The summed E-state index contributed by atoms with van der Waals surface area (Å²) >= 11 is 0. The average molecular weight is 272 g/mol. The van der Waals surface area contributed by atoms with Crippen molar-refractivity contribution < 1.29 is 14.7 Å². The number of aliphatic hydroxyl groups excluding tert-OH is 1. The van der Waals surface area contributed by atoms with Gasteiger partial charge in [-0.25, -0.2) is 0 Å². The maximum absolute atomic E-state index is 12.0. The minimum Gasteiger partial charge on any atom is -0.393 e. The van der Waals surface area contributed by atoms with Crippen molar-refractivity contribution >= 4 is 11.8 Å². The Bertz CT molecular complexity index is 288. The Morgan fingerprint density at radius 1 is 1.11 bits per heavy atom. The molecular formula is C14H28N2O3. The third-order valence-electron chi connectivity index (χ3n) is 2.72. The number of carbonyl (C=O) groups excluding carboxylic acids is 2. The molecule has 3 N–H and O–H groups in total. The molecule has 112 valence electrons. The molecule has 2 atom stereocenters. The van der Waals surface area contributed by atoms with E-state index in [0.29, 0.717) is 19.4 Å². The largest absolute Gasteiger partial charge is 0.393 e. The fourth-order valence-electron chi connectivity index (χ4n) is 1.65. The van der Waals surface area contributed by atoms with Crippen LogP contribution in [0.1, 0.15) is 47.5 Å². The number of hydrogen-bond donors (Lipinski definition) is 3. The Labute approximate surface area is 116 Å². The zero-order valence-corrected chi connectivity index (χ0v) is 12.7. The second-order valence-corrected chi connectivity index (χ2v) is 5.82. The Balaban J connectivity index is 4.31. The van der Waals surface area contributed by atoms with Crippen molar-refractivity contribution in [1.82, 2.24) is 10.6 Å². The van der Waals surface area contributed by atoms with Crippen molar-refractivity contribution in [3.8, 4) is 0 Å². The van der Waals surface area contributed by atoms with E-state index in [1.165, 1.54) is 0 Å². The lowest BCUT2D eigenvalue weighted by Crippen LogP contribution is -2.50. The van der Waals surface area contributed by atoms with Crippen LogP contribution in [0.4, 0.5) is 0 Å². The zero-order chi connectivity index (χ0) is 15.0. The van der Waals surface area contributed by atoms with Gasteiger partial charge in [-0.15, -0.1) is 0 Å². The maximum Gasteiger partial charge on any atom is 0.242 e. The minimum absolute atomic E-state index is 0.0302. The molecule has 5 nitrogen and oxygen atoms in total. The van der Waals surface area contributed by atoms with Crippen LogP contribution in [0.2, 0.25) is 0 Å². The fourth-order valence-corrected chi connectivity index (χ4v) is 1.65. The predicted octanol–water partition coefficient (Wildman–Crippen LogP) is 1.06. The van der Waals surface area contributed by atoms with Gasteiger partial charge >= 0.3 is 0 Å². The Hall–Kier alpha value is -1.10. The monoisotopic (exact) mass is 272 g/mol. The normalized spacial score (nSPS) is 14.3. The average Bonchev–Trinajstić information content (AvgIpc) is 2.23. The van der Waals surface area contributed by atoms with Crippen LogP contribution in [0.5, 0.6) is 0 Å². The van der Waals surface area contributed by atoms with E-state index in [0.717, 1.165) is 0 Å². The van der Waals surface area contributed by atoms with Gasteiger partial charge in [0.1, 0.15) is 6.04 Å². The highest BCUT2D eigenvalue weighted by Crippen LogP contribution is 2.05. The summed E-state index contributed by atoms with van der Waals surface area (Å²) in [6.07, 6.45) is 0.494. The second kappa shape index (κ2) is 8.91. The van der Waals surface area contributed by atoms with Crippen LogP contribution >= 0.6 is 0 Å². The first-order chi connectivity index (χ1) is 8.73. The summed E-state index contributed by atoms with van der Waals surface area (Å²) in [5.41, 5.74) is 0. The Morgan fingerprint density at radius 3 is 2.11 bits per heavy atom. The van der Waals surface area contributed by atoms with E-state index in [4.69, 9.17) is 5.11 Å². The van der Waals surface area contributed by atoms with Crippen LogP contribution in [0.3, 0.4) is 0 Å². The minimum atomic E-state index is -0.514. The van der Waals surface area contributed by atoms with E-state index < -0.39 is 12.1 Å². The van der Waals surface area contributed by atoms with E-state index in [2.05, 4.69) is 10.6 Å². The summed E-state index contributed by atoms with van der Waals surface area (Å²) in [5, 5.41) is 14.6. The van der Waals surface area contributed by atoms with Crippen LogP contribution in [-0.2, 0) is 9.59 Å². The first-order valence-electron chi connectivity index (χ1n) is 6.99. The maximum atomic E-state index is 12.0. The van der Waals surface area contributed by atoms with Gasteiger partial charge in [-0.2, -0.15) is 0 Å². The lowest BCUT2D eigenvalue weighted by molar-refractivity contribution is -0.130. The van der Waals surface area contributed by atoms with Crippen molar-refractivity contribution in [3.63, 3.8) is 0 Å². The third kappa shape index (κ3) is 8.59. The standard InChI is InChI=1S/C14H28N2O3/c1-9(2)8-12(18)16-13(10(3)4)14(19)15-7-6-11(5)17/h9-11,13,17H,6-8H2,1-5H3,(H,15,19)(H,16,18). The first kappa shape index (κ1) is 17.9. The Kier molecular flexibility index (Phi) is 8.39. The van der Waals surface area contributed by atoms with Crippen LogP contribution in [0.15, 0.2) is 0 Å². The highest BCUT2D eigenvalue weighted by atomic mass is 16.3. The number of hydrogen-bond acceptors (Lipinski definition) is 3. The van der Waals surface area contributed by atoms with Crippen molar-refractivity contribution in [1.29, 1.82) is 0 Å². The smallest absolute Gasteiger partial charge is 0.242 e. The molecule has 0 aromatic heterocycles. The van der Waals surface area contributed by atoms with Gasteiger partial charge in [0, 0.05) is 13.0 Å². The van der Waals surface area contributed by atoms with Gasteiger partial charge in [0.15, 0.2) is 0 Å². The molecule has 0 rings (SSSR count). The molecule has 0 aliphatic heterocycles. The van der Waals surface area contributed by atoms with Gasteiger partial charge in [-0.3, -0.25) is 9.59 Å². The van der Waals surface area contributed by atoms with E-state index in [9.17, 15) is 9.59 Å². The molecule has 0 radical (unpaired) electrons. The SMILES string of the molecule is CC(C)CC(=O)NC(C(=O)NCCC(C)O)C(C)C. The molecule has 0 saturated carbocycles. The molecule has 0 aromatic carbocycles. The highest BCUT2D eigenvalue weighted by molar-refractivity contribution is 5.87. The number of amides is 2. The molecule has 5 heteroatoms. The summed E-state index contributed by atoms with van der Waals surface area (Å²) < 4.78 is 0. The molecule has 0 bridgehead atoms. The summed E-state index contributed by atoms with van der Waals surface area (Å²) in [4.78, 5) is 23.7. The third-order valence-corrected chi connectivity index (χ3v) is 2.72. The van der Waals surface area contributed by atoms with E-state index in [1.54, 1.807) is 6.92 Å². The number of rotatable bonds is 8. The molecule has 0 spiro atoms. The summed E-state index contributed by atoms with van der Waals surface area (Å²) in [7, 11) is 0. The Morgan fingerprint density at radius 2 is 1.68 bits per heavy atom. The first-order valence-corrected chi connectivity index (χ1v) is 6.99. The molecule has 0 aliphatic carbocycles.